The molecule has 0 N–H and O–H groups in total. The van der Waals surface area contributed by atoms with Gasteiger partial charge in [0.25, 0.3) is 0 Å². The number of halogens is 2. The average molecular weight is 245 g/mol. The standard InChI is InChI=1S/C14H9F2NO/c15-11-2-1-3-12(9-11)18-13-4-5-14(16)10(8-13)6-7-17/h1-5,8-9H,6H2. The van der Waals surface area contributed by atoms with Gasteiger partial charge in [0.05, 0.1) is 12.5 Å². The van der Waals surface area contributed by atoms with E-state index in [1.807, 2.05) is 6.07 Å². The molecule has 4 heteroatoms. The van der Waals surface area contributed by atoms with Gasteiger partial charge in [0.2, 0.25) is 0 Å². The topological polar surface area (TPSA) is 33.0 Å². The Labute approximate surface area is 103 Å². The van der Waals surface area contributed by atoms with Crippen molar-refractivity contribution in [3.05, 3.63) is 59.7 Å². The lowest BCUT2D eigenvalue weighted by molar-refractivity contribution is 0.474. The van der Waals surface area contributed by atoms with Gasteiger partial charge < -0.3 is 4.74 Å². The largest absolute Gasteiger partial charge is 0.457 e. The molecule has 2 aromatic rings. The molecule has 0 aliphatic rings. The minimum atomic E-state index is -0.455. The zero-order valence-corrected chi connectivity index (χ0v) is 9.36. The van der Waals surface area contributed by atoms with E-state index >= 15 is 0 Å². The minimum absolute atomic E-state index is 0.0355. The van der Waals surface area contributed by atoms with E-state index in [4.69, 9.17) is 10.00 Å². The van der Waals surface area contributed by atoms with Gasteiger partial charge in [-0.15, -0.1) is 0 Å². The molecule has 90 valence electrons. The fraction of sp³-hybridized carbons (Fsp3) is 0.0714. The third-order valence-corrected chi connectivity index (χ3v) is 2.32. The van der Waals surface area contributed by atoms with Gasteiger partial charge in [-0.3, -0.25) is 0 Å². The van der Waals surface area contributed by atoms with Crippen LogP contribution in [-0.4, -0.2) is 0 Å². The van der Waals surface area contributed by atoms with E-state index in [9.17, 15) is 8.78 Å². The van der Waals surface area contributed by atoms with Crippen molar-refractivity contribution in [2.75, 3.05) is 0 Å². The maximum absolute atomic E-state index is 13.3. The molecule has 0 aliphatic heterocycles. The summed E-state index contributed by atoms with van der Waals surface area (Å²) in [5.74, 6) is -0.174. The highest BCUT2D eigenvalue weighted by molar-refractivity contribution is 5.35. The zero-order chi connectivity index (χ0) is 13.0. The lowest BCUT2D eigenvalue weighted by Gasteiger charge is -2.07. The van der Waals surface area contributed by atoms with E-state index in [2.05, 4.69) is 0 Å². The van der Waals surface area contributed by atoms with E-state index in [0.717, 1.165) is 0 Å². The number of ether oxygens (including phenoxy) is 1. The highest BCUT2D eigenvalue weighted by Crippen LogP contribution is 2.24. The van der Waals surface area contributed by atoms with Gasteiger partial charge in [-0.05, 0) is 30.3 Å². The van der Waals surface area contributed by atoms with Gasteiger partial charge in [0.1, 0.15) is 23.1 Å². The summed E-state index contributed by atoms with van der Waals surface area (Å²) < 4.78 is 31.6. The lowest BCUT2D eigenvalue weighted by Crippen LogP contribution is -1.91. The molecule has 0 amide bonds. The predicted molar refractivity (Wildman–Crippen MR) is 62.2 cm³/mol. The van der Waals surface area contributed by atoms with Crippen molar-refractivity contribution in [2.24, 2.45) is 0 Å². The third kappa shape index (κ3) is 2.83. The molecule has 0 aromatic heterocycles. The first-order valence-corrected chi connectivity index (χ1v) is 5.28. The van der Waals surface area contributed by atoms with Crippen molar-refractivity contribution in [1.82, 2.24) is 0 Å². The average Bonchev–Trinajstić information content (AvgIpc) is 2.34. The summed E-state index contributed by atoms with van der Waals surface area (Å²) in [6.45, 7) is 0. The summed E-state index contributed by atoms with van der Waals surface area (Å²) in [7, 11) is 0. The lowest BCUT2D eigenvalue weighted by atomic mass is 10.1. The van der Waals surface area contributed by atoms with Gasteiger partial charge in [-0.2, -0.15) is 5.26 Å². The van der Waals surface area contributed by atoms with Crippen molar-refractivity contribution in [1.29, 1.82) is 5.26 Å². The van der Waals surface area contributed by atoms with Crippen LogP contribution in [0.15, 0.2) is 42.5 Å². The molecule has 0 aliphatic carbocycles. The van der Waals surface area contributed by atoms with Crippen molar-refractivity contribution in [2.45, 2.75) is 6.42 Å². The van der Waals surface area contributed by atoms with E-state index in [1.54, 1.807) is 6.07 Å². The molecule has 0 atom stereocenters. The Morgan fingerprint density at radius 2 is 1.83 bits per heavy atom. The van der Waals surface area contributed by atoms with Gasteiger partial charge in [-0.1, -0.05) is 6.07 Å². The highest BCUT2D eigenvalue weighted by Gasteiger charge is 2.05. The summed E-state index contributed by atoms with van der Waals surface area (Å²) in [5, 5.41) is 8.55. The normalized spacial score (nSPS) is 9.83. The van der Waals surface area contributed by atoms with Gasteiger partial charge in [0.15, 0.2) is 0 Å². The summed E-state index contributed by atoms with van der Waals surface area (Å²) in [5.41, 5.74) is 0.256. The second kappa shape index (κ2) is 5.28. The van der Waals surface area contributed by atoms with E-state index < -0.39 is 11.6 Å². The van der Waals surface area contributed by atoms with E-state index in [1.165, 1.54) is 36.4 Å². The Morgan fingerprint density at radius 3 is 2.56 bits per heavy atom. The molecule has 0 bridgehead atoms. The summed E-state index contributed by atoms with van der Waals surface area (Å²) in [6, 6.07) is 11.6. The monoisotopic (exact) mass is 245 g/mol. The molecule has 0 unspecified atom stereocenters. The smallest absolute Gasteiger partial charge is 0.130 e. The Balaban J connectivity index is 2.24. The first-order valence-electron chi connectivity index (χ1n) is 5.28. The third-order valence-electron chi connectivity index (χ3n) is 2.32. The second-order valence-electron chi connectivity index (χ2n) is 3.65. The molecular weight excluding hydrogens is 236 g/mol. The Bertz CT molecular complexity index is 605. The van der Waals surface area contributed by atoms with E-state index in [-0.39, 0.29) is 12.0 Å². The molecule has 2 nitrogen and oxygen atoms in total. The van der Waals surface area contributed by atoms with Crippen molar-refractivity contribution in [3.63, 3.8) is 0 Å². The molecule has 0 heterocycles. The molecule has 0 radical (unpaired) electrons. The number of nitriles is 1. The quantitative estimate of drug-likeness (QED) is 0.823. The molecule has 0 spiro atoms. The molecule has 2 rings (SSSR count). The van der Waals surface area contributed by atoms with Crippen LogP contribution in [0.4, 0.5) is 8.78 Å². The van der Waals surface area contributed by atoms with Crippen LogP contribution in [-0.2, 0) is 6.42 Å². The minimum Gasteiger partial charge on any atom is -0.457 e. The number of rotatable bonds is 3. The van der Waals surface area contributed by atoms with Crippen LogP contribution in [0.2, 0.25) is 0 Å². The van der Waals surface area contributed by atoms with Crippen LogP contribution in [0.1, 0.15) is 5.56 Å². The van der Waals surface area contributed by atoms with Gasteiger partial charge in [-0.25, -0.2) is 8.78 Å². The number of nitrogens with zero attached hydrogens (tertiary/aromatic N) is 1. The van der Waals surface area contributed by atoms with Crippen molar-refractivity contribution >= 4 is 0 Å². The van der Waals surface area contributed by atoms with Gasteiger partial charge >= 0.3 is 0 Å². The Hall–Kier alpha value is -2.41. The van der Waals surface area contributed by atoms with Crippen LogP contribution in [0.25, 0.3) is 0 Å². The SMILES string of the molecule is N#CCc1cc(Oc2cccc(F)c2)ccc1F. The first-order chi connectivity index (χ1) is 8.69. The Morgan fingerprint density at radius 1 is 1.06 bits per heavy atom. The van der Waals surface area contributed by atoms with Crippen molar-refractivity contribution in [3.8, 4) is 17.6 Å². The number of hydrogen-bond donors (Lipinski definition) is 0. The van der Waals surface area contributed by atoms with Crippen molar-refractivity contribution < 1.29 is 13.5 Å². The molecule has 2 aromatic carbocycles. The maximum Gasteiger partial charge on any atom is 0.130 e. The molecule has 0 saturated heterocycles. The molecular formula is C14H9F2NO. The molecule has 0 fully saturated rings. The Kier molecular flexibility index (Phi) is 3.54. The summed E-state index contributed by atoms with van der Waals surface area (Å²) in [4.78, 5) is 0. The number of benzene rings is 2. The summed E-state index contributed by atoms with van der Waals surface area (Å²) >= 11 is 0. The number of hydrogen-bond acceptors (Lipinski definition) is 2. The first kappa shape index (κ1) is 12.1. The molecule has 18 heavy (non-hydrogen) atoms. The fourth-order valence-electron chi connectivity index (χ4n) is 1.50. The van der Waals surface area contributed by atoms with Crippen LogP contribution >= 0.6 is 0 Å². The fourth-order valence-corrected chi connectivity index (χ4v) is 1.50. The van der Waals surface area contributed by atoms with Crippen LogP contribution in [0.5, 0.6) is 11.5 Å². The zero-order valence-electron chi connectivity index (χ0n) is 9.36. The maximum atomic E-state index is 13.3. The summed E-state index contributed by atoms with van der Waals surface area (Å²) in [6.07, 6.45) is -0.0355. The van der Waals surface area contributed by atoms with Crippen LogP contribution in [0, 0.1) is 23.0 Å². The second-order valence-corrected chi connectivity index (χ2v) is 3.65. The highest BCUT2D eigenvalue weighted by atomic mass is 19.1. The van der Waals surface area contributed by atoms with Crippen LogP contribution < -0.4 is 4.74 Å². The van der Waals surface area contributed by atoms with Gasteiger partial charge in [0, 0.05) is 11.6 Å². The predicted octanol–water partition coefficient (Wildman–Crippen LogP) is 3.82. The van der Waals surface area contributed by atoms with Crippen LogP contribution in [0.3, 0.4) is 0 Å². The van der Waals surface area contributed by atoms with E-state index in [0.29, 0.717) is 11.5 Å². The molecule has 0 saturated carbocycles.